The van der Waals surface area contributed by atoms with E-state index in [9.17, 15) is 14.0 Å². The molecule has 2 aromatic rings. The predicted molar refractivity (Wildman–Crippen MR) is 98.9 cm³/mol. The lowest BCUT2D eigenvalue weighted by molar-refractivity contribution is -0.121. The van der Waals surface area contributed by atoms with Crippen molar-refractivity contribution in [2.24, 2.45) is 0 Å². The van der Waals surface area contributed by atoms with E-state index in [0.29, 0.717) is 29.8 Å². The highest BCUT2D eigenvalue weighted by Crippen LogP contribution is 2.13. The molecule has 0 spiro atoms. The molecule has 2 rings (SSSR count). The number of amides is 1. The van der Waals surface area contributed by atoms with Gasteiger partial charge in [0.25, 0.3) is 0 Å². The number of halogens is 1. The molecule has 4 nitrogen and oxygen atoms in total. The number of rotatable bonds is 10. The van der Waals surface area contributed by atoms with Crippen molar-refractivity contribution in [1.29, 1.82) is 0 Å². The van der Waals surface area contributed by atoms with Crippen molar-refractivity contribution >= 4 is 11.7 Å². The first-order chi connectivity index (χ1) is 12.6. The molecule has 0 bridgehead atoms. The van der Waals surface area contributed by atoms with E-state index in [0.717, 1.165) is 12.8 Å². The van der Waals surface area contributed by atoms with Crippen molar-refractivity contribution < 1.29 is 18.7 Å². The summed E-state index contributed by atoms with van der Waals surface area (Å²) in [6.07, 6.45) is 2.56. The minimum Gasteiger partial charge on any atom is -0.497 e. The van der Waals surface area contributed by atoms with Crippen LogP contribution < -0.4 is 10.1 Å². The van der Waals surface area contributed by atoms with E-state index in [1.165, 1.54) is 6.07 Å². The minimum atomic E-state index is -0.187. The Morgan fingerprint density at radius 2 is 1.73 bits per heavy atom. The summed E-state index contributed by atoms with van der Waals surface area (Å²) in [6.45, 7) is 0.532. The lowest BCUT2D eigenvalue weighted by Gasteiger charge is -2.06. The first kappa shape index (κ1) is 19.6. The average molecular weight is 357 g/mol. The van der Waals surface area contributed by atoms with E-state index in [4.69, 9.17) is 4.74 Å². The normalized spacial score (nSPS) is 10.4. The van der Waals surface area contributed by atoms with Gasteiger partial charge < -0.3 is 10.1 Å². The number of carbonyl (C=O) groups excluding carboxylic acids is 2. The number of unbranched alkanes of at least 4 members (excludes halogenated alkanes) is 1. The Morgan fingerprint density at radius 1 is 1.00 bits per heavy atom. The van der Waals surface area contributed by atoms with Crippen molar-refractivity contribution in [2.75, 3.05) is 13.7 Å². The largest absolute Gasteiger partial charge is 0.497 e. The van der Waals surface area contributed by atoms with E-state index >= 15 is 0 Å². The van der Waals surface area contributed by atoms with Gasteiger partial charge in [0, 0.05) is 24.9 Å². The van der Waals surface area contributed by atoms with Gasteiger partial charge in [-0.1, -0.05) is 18.2 Å². The van der Waals surface area contributed by atoms with Crippen LogP contribution in [0.15, 0.2) is 48.5 Å². The highest BCUT2D eigenvalue weighted by atomic mass is 19.1. The molecule has 0 unspecified atom stereocenters. The van der Waals surface area contributed by atoms with Crippen LogP contribution in [0.25, 0.3) is 0 Å². The fourth-order valence-corrected chi connectivity index (χ4v) is 2.61. The van der Waals surface area contributed by atoms with Crippen molar-refractivity contribution in [2.45, 2.75) is 32.1 Å². The van der Waals surface area contributed by atoms with E-state index in [2.05, 4.69) is 5.32 Å². The average Bonchev–Trinajstić information content (AvgIpc) is 2.67. The maximum Gasteiger partial charge on any atom is 0.220 e. The van der Waals surface area contributed by atoms with E-state index in [1.807, 2.05) is 6.07 Å². The molecule has 0 aliphatic heterocycles. The van der Waals surface area contributed by atoms with Crippen LogP contribution in [0.5, 0.6) is 5.75 Å². The number of nitrogens with one attached hydrogen (secondary N) is 1. The van der Waals surface area contributed by atoms with Crippen LogP contribution in [0.1, 0.15) is 41.6 Å². The van der Waals surface area contributed by atoms with Crippen LogP contribution in [0, 0.1) is 5.82 Å². The molecule has 0 atom stereocenters. The van der Waals surface area contributed by atoms with Gasteiger partial charge in [-0.15, -0.1) is 0 Å². The van der Waals surface area contributed by atoms with Gasteiger partial charge in [0.05, 0.1) is 7.11 Å². The molecule has 0 heterocycles. The highest BCUT2D eigenvalue weighted by molar-refractivity contribution is 5.98. The van der Waals surface area contributed by atoms with Crippen molar-refractivity contribution in [3.8, 4) is 5.75 Å². The Balaban J connectivity index is 1.61. The topological polar surface area (TPSA) is 55.4 Å². The zero-order chi connectivity index (χ0) is 18.8. The van der Waals surface area contributed by atoms with Crippen LogP contribution in [-0.2, 0) is 11.2 Å². The fourth-order valence-electron chi connectivity index (χ4n) is 2.61. The maximum atomic E-state index is 13.5. The van der Waals surface area contributed by atoms with Crippen LogP contribution in [0.2, 0.25) is 0 Å². The number of aryl methyl sites for hydroxylation is 1. The Kier molecular flexibility index (Phi) is 7.80. The second kappa shape index (κ2) is 10.3. The van der Waals surface area contributed by atoms with Crippen molar-refractivity contribution in [3.05, 3.63) is 65.5 Å². The molecule has 0 fully saturated rings. The molecule has 0 aliphatic carbocycles. The summed E-state index contributed by atoms with van der Waals surface area (Å²) in [5.74, 6) is 0.295. The van der Waals surface area contributed by atoms with Gasteiger partial charge in [-0.3, -0.25) is 9.59 Å². The smallest absolute Gasteiger partial charge is 0.220 e. The van der Waals surface area contributed by atoms with Gasteiger partial charge in [0.15, 0.2) is 5.78 Å². The first-order valence-corrected chi connectivity index (χ1v) is 8.77. The van der Waals surface area contributed by atoms with E-state index in [-0.39, 0.29) is 30.3 Å². The van der Waals surface area contributed by atoms with Gasteiger partial charge in [-0.25, -0.2) is 4.39 Å². The number of benzene rings is 2. The quantitative estimate of drug-likeness (QED) is 0.518. The zero-order valence-electron chi connectivity index (χ0n) is 15.0. The summed E-state index contributed by atoms with van der Waals surface area (Å²) in [6, 6.07) is 13.6. The monoisotopic (exact) mass is 357 g/mol. The Morgan fingerprint density at radius 3 is 2.42 bits per heavy atom. The summed E-state index contributed by atoms with van der Waals surface area (Å²) >= 11 is 0. The van der Waals surface area contributed by atoms with Gasteiger partial charge in [-0.05, 0) is 55.2 Å². The van der Waals surface area contributed by atoms with Crippen molar-refractivity contribution in [1.82, 2.24) is 5.32 Å². The summed E-state index contributed by atoms with van der Waals surface area (Å²) in [5, 5.41) is 2.80. The highest BCUT2D eigenvalue weighted by Gasteiger charge is 2.09. The molecule has 0 saturated heterocycles. The molecule has 5 heteroatoms. The molecule has 0 aromatic heterocycles. The molecule has 138 valence electrons. The van der Waals surface area contributed by atoms with Gasteiger partial charge in [-0.2, -0.15) is 0 Å². The van der Waals surface area contributed by atoms with E-state index < -0.39 is 0 Å². The predicted octanol–water partition coefficient (Wildman–Crippen LogP) is 3.94. The molecule has 1 N–H and O–H groups in total. The van der Waals surface area contributed by atoms with E-state index in [1.54, 1.807) is 43.5 Å². The zero-order valence-corrected chi connectivity index (χ0v) is 15.0. The molecule has 0 radical (unpaired) electrons. The summed E-state index contributed by atoms with van der Waals surface area (Å²) in [4.78, 5) is 23.9. The molecular formula is C21H24FNO3. The minimum absolute atomic E-state index is 0.0673. The van der Waals surface area contributed by atoms with Crippen LogP contribution in [0.3, 0.4) is 0 Å². The number of Topliss-reactive ketones (excluding diaryl/α,β-unsaturated/α-hetero) is 1. The Labute approximate surface area is 153 Å². The Hall–Kier alpha value is -2.69. The summed E-state index contributed by atoms with van der Waals surface area (Å²) in [7, 11) is 1.57. The van der Waals surface area contributed by atoms with Gasteiger partial charge >= 0.3 is 0 Å². The third kappa shape index (κ3) is 6.31. The lowest BCUT2D eigenvalue weighted by Crippen LogP contribution is -2.24. The molecule has 1 amide bonds. The number of ketones is 1. The second-order valence-electron chi connectivity index (χ2n) is 6.05. The molecule has 2 aromatic carbocycles. The van der Waals surface area contributed by atoms with Crippen LogP contribution in [-0.4, -0.2) is 25.3 Å². The van der Waals surface area contributed by atoms with Crippen LogP contribution in [0.4, 0.5) is 4.39 Å². The molecular weight excluding hydrogens is 333 g/mol. The SMILES string of the molecule is COc1ccc(C(=O)CCC(=O)NCCCCc2ccccc2F)cc1. The standard InChI is InChI=1S/C21H24FNO3/c1-26-18-11-9-17(10-12-18)20(24)13-14-21(25)23-15-5-4-7-16-6-2-3-8-19(16)22/h2-3,6,8-12H,4-5,7,13-15H2,1H3,(H,23,25). The second-order valence-corrected chi connectivity index (χ2v) is 6.05. The number of ether oxygens (including phenoxy) is 1. The van der Waals surface area contributed by atoms with Gasteiger partial charge in [0.2, 0.25) is 5.91 Å². The molecule has 26 heavy (non-hydrogen) atoms. The third-order valence-corrected chi connectivity index (χ3v) is 4.14. The molecule has 0 saturated carbocycles. The van der Waals surface area contributed by atoms with Gasteiger partial charge in [0.1, 0.15) is 11.6 Å². The first-order valence-electron chi connectivity index (χ1n) is 8.77. The molecule has 0 aliphatic rings. The fraction of sp³-hybridized carbons (Fsp3) is 0.333. The Bertz CT molecular complexity index is 728. The number of methoxy groups -OCH3 is 1. The third-order valence-electron chi connectivity index (χ3n) is 4.14. The maximum absolute atomic E-state index is 13.5. The number of hydrogen-bond donors (Lipinski definition) is 1. The van der Waals surface area contributed by atoms with Crippen molar-refractivity contribution in [3.63, 3.8) is 0 Å². The lowest BCUT2D eigenvalue weighted by atomic mass is 10.1. The summed E-state index contributed by atoms with van der Waals surface area (Å²) in [5.41, 5.74) is 1.27. The number of carbonyl (C=O) groups is 2. The van der Waals surface area contributed by atoms with Crippen LogP contribution >= 0.6 is 0 Å². The summed E-state index contributed by atoms with van der Waals surface area (Å²) < 4.78 is 18.5. The number of hydrogen-bond acceptors (Lipinski definition) is 3.